The fraction of sp³-hybridized carbons (Fsp3) is 0.500. The van der Waals surface area contributed by atoms with E-state index in [-0.39, 0.29) is 6.01 Å². The Labute approximate surface area is 106 Å². The number of carbonyl (C=O) groups excluding carboxylic acids is 1. The quantitative estimate of drug-likeness (QED) is 0.856. The zero-order valence-corrected chi connectivity index (χ0v) is 10.2. The Kier molecular flexibility index (Phi) is 4.52. The minimum atomic E-state index is -4.50. The highest BCUT2D eigenvalue weighted by Gasteiger charge is 2.27. The van der Waals surface area contributed by atoms with Gasteiger partial charge in [-0.25, -0.2) is 4.98 Å². The van der Waals surface area contributed by atoms with Crippen molar-refractivity contribution in [3.8, 4) is 6.01 Å². The number of ether oxygens (including phenoxy) is 1. The van der Waals surface area contributed by atoms with E-state index < -0.39 is 30.7 Å². The van der Waals surface area contributed by atoms with Gasteiger partial charge in [-0.2, -0.15) is 13.2 Å². The van der Waals surface area contributed by atoms with Crippen LogP contribution in [0.1, 0.15) is 5.69 Å². The first kappa shape index (κ1) is 15.0. The molecule has 0 spiro atoms. The number of methoxy groups -OCH3 is 1. The Balaban J connectivity index is 2.82. The van der Waals surface area contributed by atoms with Crippen LogP contribution >= 0.6 is 0 Å². The Bertz CT molecular complexity index is 525. The van der Waals surface area contributed by atoms with Crippen molar-refractivity contribution in [2.45, 2.75) is 19.6 Å². The number of carbonyl (C=O) groups is 1. The SMILES string of the molecule is COc1nc(C)cc(=O)n1CC(=O)NCC(F)(F)F. The molecule has 106 valence electrons. The number of rotatable bonds is 4. The van der Waals surface area contributed by atoms with Gasteiger partial charge in [-0.05, 0) is 6.92 Å². The first-order chi connectivity index (χ1) is 8.73. The Hall–Kier alpha value is -2.06. The predicted molar refractivity (Wildman–Crippen MR) is 58.9 cm³/mol. The van der Waals surface area contributed by atoms with Crippen LogP contribution in [0.25, 0.3) is 0 Å². The van der Waals surface area contributed by atoms with Gasteiger partial charge in [0, 0.05) is 11.8 Å². The highest BCUT2D eigenvalue weighted by Crippen LogP contribution is 2.12. The zero-order valence-electron chi connectivity index (χ0n) is 10.2. The fourth-order valence-corrected chi connectivity index (χ4v) is 1.29. The summed E-state index contributed by atoms with van der Waals surface area (Å²) in [6.07, 6.45) is -4.50. The standard InChI is InChI=1S/C10H12F3N3O3/c1-6-3-8(18)16(9(15-6)19-2)4-7(17)14-5-10(11,12)13/h3H,4-5H2,1-2H3,(H,14,17). The van der Waals surface area contributed by atoms with Crippen molar-refractivity contribution in [1.82, 2.24) is 14.9 Å². The maximum absolute atomic E-state index is 11.9. The van der Waals surface area contributed by atoms with Gasteiger partial charge in [0.15, 0.2) is 0 Å². The van der Waals surface area contributed by atoms with Crippen molar-refractivity contribution >= 4 is 5.91 Å². The topological polar surface area (TPSA) is 73.2 Å². The average Bonchev–Trinajstić information content (AvgIpc) is 2.28. The molecule has 1 aromatic heterocycles. The molecule has 0 aliphatic carbocycles. The number of hydrogen-bond acceptors (Lipinski definition) is 4. The van der Waals surface area contributed by atoms with Crippen molar-refractivity contribution < 1.29 is 22.7 Å². The molecule has 1 rings (SSSR count). The van der Waals surface area contributed by atoms with Gasteiger partial charge in [-0.3, -0.25) is 14.2 Å². The average molecular weight is 279 g/mol. The monoisotopic (exact) mass is 279 g/mol. The van der Waals surface area contributed by atoms with Crippen LogP contribution in [0.3, 0.4) is 0 Å². The summed E-state index contributed by atoms with van der Waals surface area (Å²) in [6.45, 7) is -0.495. The molecule has 6 nitrogen and oxygen atoms in total. The molecular formula is C10H12F3N3O3. The molecule has 0 aromatic carbocycles. The largest absolute Gasteiger partial charge is 0.468 e. The van der Waals surface area contributed by atoms with E-state index in [1.165, 1.54) is 7.11 Å². The van der Waals surface area contributed by atoms with Crippen LogP contribution in [0.5, 0.6) is 6.01 Å². The molecule has 0 saturated carbocycles. The number of alkyl halides is 3. The Morgan fingerprint density at radius 1 is 1.53 bits per heavy atom. The lowest BCUT2D eigenvalue weighted by Crippen LogP contribution is -2.38. The van der Waals surface area contributed by atoms with Gasteiger partial charge in [0.2, 0.25) is 5.91 Å². The summed E-state index contributed by atoms with van der Waals surface area (Å²) in [4.78, 5) is 26.8. The number of aromatic nitrogens is 2. The second-order valence-electron chi connectivity index (χ2n) is 3.70. The predicted octanol–water partition coefficient (Wildman–Crippen LogP) is 0.239. The van der Waals surface area contributed by atoms with Crippen molar-refractivity contribution in [3.63, 3.8) is 0 Å². The molecule has 9 heteroatoms. The summed E-state index contributed by atoms with van der Waals surface area (Å²) in [5.41, 5.74) is -0.194. The first-order valence-electron chi connectivity index (χ1n) is 5.19. The van der Waals surface area contributed by atoms with Gasteiger partial charge < -0.3 is 10.1 Å². The molecule has 1 heterocycles. The van der Waals surface area contributed by atoms with Gasteiger partial charge >= 0.3 is 6.18 Å². The maximum atomic E-state index is 11.9. The molecule has 1 aromatic rings. The summed E-state index contributed by atoms with van der Waals surface area (Å²) in [5, 5.41) is 1.66. The Morgan fingerprint density at radius 3 is 2.68 bits per heavy atom. The number of halogens is 3. The van der Waals surface area contributed by atoms with Crippen molar-refractivity contribution in [3.05, 3.63) is 22.1 Å². The number of amides is 1. The van der Waals surface area contributed by atoms with E-state index in [1.54, 1.807) is 12.2 Å². The van der Waals surface area contributed by atoms with Crippen LogP contribution in [0.15, 0.2) is 10.9 Å². The molecule has 1 N–H and O–H groups in total. The fourth-order valence-electron chi connectivity index (χ4n) is 1.29. The molecule has 0 aliphatic rings. The number of nitrogens with one attached hydrogen (secondary N) is 1. The summed E-state index contributed by atoms with van der Waals surface area (Å²) in [6, 6.07) is 1.02. The van der Waals surface area contributed by atoms with E-state index in [0.29, 0.717) is 5.69 Å². The third-order valence-electron chi connectivity index (χ3n) is 2.07. The molecule has 0 fully saturated rings. The molecule has 0 unspecified atom stereocenters. The van der Waals surface area contributed by atoms with Gasteiger partial charge in [0.1, 0.15) is 13.1 Å². The molecule has 1 amide bonds. The minimum Gasteiger partial charge on any atom is -0.468 e. The van der Waals surface area contributed by atoms with Crippen LogP contribution < -0.4 is 15.6 Å². The van der Waals surface area contributed by atoms with Crippen LogP contribution in [0, 0.1) is 6.92 Å². The van der Waals surface area contributed by atoms with E-state index in [4.69, 9.17) is 4.74 Å². The van der Waals surface area contributed by atoms with Crippen LogP contribution in [0.4, 0.5) is 13.2 Å². The second kappa shape index (κ2) is 5.72. The molecule has 0 bridgehead atoms. The molecule has 0 atom stereocenters. The summed E-state index contributed by atoms with van der Waals surface area (Å²) in [5.74, 6) is -0.955. The minimum absolute atomic E-state index is 0.132. The third kappa shape index (κ3) is 4.60. The van der Waals surface area contributed by atoms with E-state index >= 15 is 0 Å². The van der Waals surface area contributed by atoms with Gasteiger partial charge in [-0.15, -0.1) is 0 Å². The lowest BCUT2D eigenvalue weighted by molar-refractivity contribution is -0.138. The van der Waals surface area contributed by atoms with Crippen LogP contribution in [-0.2, 0) is 11.3 Å². The lowest BCUT2D eigenvalue weighted by Gasteiger charge is -2.12. The zero-order chi connectivity index (χ0) is 14.6. The molecule has 0 aliphatic heterocycles. The highest BCUT2D eigenvalue weighted by molar-refractivity contribution is 5.75. The molecule has 0 radical (unpaired) electrons. The summed E-state index contributed by atoms with van der Waals surface area (Å²) >= 11 is 0. The third-order valence-corrected chi connectivity index (χ3v) is 2.07. The highest BCUT2D eigenvalue weighted by atomic mass is 19.4. The maximum Gasteiger partial charge on any atom is 0.405 e. The van der Waals surface area contributed by atoms with E-state index in [0.717, 1.165) is 10.6 Å². The van der Waals surface area contributed by atoms with Gasteiger partial charge in [0.05, 0.1) is 7.11 Å². The van der Waals surface area contributed by atoms with E-state index in [1.807, 2.05) is 0 Å². The molecule has 0 saturated heterocycles. The van der Waals surface area contributed by atoms with Gasteiger partial charge in [-0.1, -0.05) is 0 Å². The van der Waals surface area contributed by atoms with Crippen molar-refractivity contribution in [1.29, 1.82) is 0 Å². The van der Waals surface area contributed by atoms with Crippen molar-refractivity contribution in [2.24, 2.45) is 0 Å². The lowest BCUT2D eigenvalue weighted by atomic mass is 10.4. The number of hydrogen-bond donors (Lipinski definition) is 1. The smallest absolute Gasteiger partial charge is 0.405 e. The summed E-state index contributed by atoms with van der Waals surface area (Å²) < 4.78 is 41.4. The summed E-state index contributed by atoms with van der Waals surface area (Å²) in [7, 11) is 1.24. The number of aryl methyl sites for hydroxylation is 1. The number of nitrogens with zero attached hydrogens (tertiary/aromatic N) is 2. The molecular weight excluding hydrogens is 267 g/mol. The van der Waals surface area contributed by atoms with E-state index in [2.05, 4.69) is 4.98 Å². The van der Waals surface area contributed by atoms with Crippen LogP contribution in [0.2, 0.25) is 0 Å². The van der Waals surface area contributed by atoms with Crippen LogP contribution in [-0.4, -0.2) is 35.3 Å². The molecule has 19 heavy (non-hydrogen) atoms. The normalized spacial score (nSPS) is 11.2. The van der Waals surface area contributed by atoms with E-state index in [9.17, 15) is 22.8 Å². The Morgan fingerprint density at radius 2 is 2.16 bits per heavy atom. The van der Waals surface area contributed by atoms with Crippen molar-refractivity contribution in [2.75, 3.05) is 13.7 Å². The van der Waals surface area contributed by atoms with Gasteiger partial charge in [0.25, 0.3) is 11.6 Å². The second-order valence-corrected chi connectivity index (χ2v) is 3.70. The first-order valence-corrected chi connectivity index (χ1v) is 5.19.